The molecule has 1 aliphatic heterocycles. The molecule has 2 heterocycles. The van der Waals surface area contributed by atoms with Crippen molar-refractivity contribution >= 4 is 23.5 Å². The van der Waals surface area contributed by atoms with Crippen molar-refractivity contribution in [3.63, 3.8) is 0 Å². The van der Waals surface area contributed by atoms with Gasteiger partial charge in [-0.3, -0.25) is 9.59 Å². The third-order valence-corrected chi connectivity index (χ3v) is 4.63. The predicted molar refractivity (Wildman–Crippen MR) is 108 cm³/mol. The normalized spacial score (nSPS) is 13.0. The number of hydrogen-bond donors (Lipinski definition) is 2. The molecule has 0 unspecified atom stereocenters. The maximum atomic E-state index is 13.0. The Balaban J connectivity index is 1.92. The Morgan fingerprint density at radius 2 is 1.93 bits per heavy atom. The number of hydrogen-bond acceptors (Lipinski definition) is 5. The van der Waals surface area contributed by atoms with Gasteiger partial charge in [-0.05, 0) is 52.2 Å². The van der Waals surface area contributed by atoms with Gasteiger partial charge in [0.15, 0.2) is 11.5 Å². The van der Waals surface area contributed by atoms with Crippen LogP contribution in [0.1, 0.15) is 70.8 Å². The number of carbonyl (C=O) groups excluding carboxylic acids is 3. The molecule has 0 saturated carbocycles. The van der Waals surface area contributed by atoms with Gasteiger partial charge < -0.3 is 19.9 Å². The molecule has 2 aromatic rings. The summed E-state index contributed by atoms with van der Waals surface area (Å²) in [6.45, 7) is 6.36. The minimum Gasteiger partial charge on any atom is -0.462 e. The van der Waals surface area contributed by atoms with Gasteiger partial charge in [-0.15, -0.1) is 0 Å². The first-order valence-electron chi connectivity index (χ1n) is 9.90. The Morgan fingerprint density at radius 3 is 2.66 bits per heavy atom. The fourth-order valence-electron chi connectivity index (χ4n) is 3.39. The highest BCUT2D eigenvalue weighted by Gasteiger charge is 2.28. The first-order chi connectivity index (χ1) is 13.9. The van der Waals surface area contributed by atoms with Gasteiger partial charge in [-0.2, -0.15) is 0 Å². The SMILES string of the molecule is CCOC(=O)c1ccccc1NC(=O)c1nc(C(=O)NC(C)C)n2c1CCCC2. The van der Waals surface area contributed by atoms with Gasteiger partial charge in [0, 0.05) is 12.6 Å². The van der Waals surface area contributed by atoms with Crippen LogP contribution in [0.25, 0.3) is 0 Å². The Kier molecular flexibility index (Phi) is 6.31. The van der Waals surface area contributed by atoms with Crippen molar-refractivity contribution in [2.24, 2.45) is 0 Å². The van der Waals surface area contributed by atoms with Crippen LogP contribution in [-0.4, -0.2) is 40.0 Å². The van der Waals surface area contributed by atoms with Gasteiger partial charge >= 0.3 is 5.97 Å². The average Bonchev–Trinajstić information content (AvgIpc) is 3.08. The van der Waals surface area contributed by atoms with Crippen LogP contribution >= 0.6 is 0 Å². The summed E-state index contributed by atoms with van der Waals surface area (Å²) in [6, 6.07) is 6.63. The largest absolute Gasteiger partial charge is 0.462 e. The molecule has 1 aromatic heterocycles. The van der Waals surface area contributed by atoms with Crippen molar-refractivity contribution in [1.82, 2.24) is 14.9 Å². The van der Waals surface area contributed by atoms with Crippen LogP contribution < -0.4 is 10.6 Å². The number of fused-ring (bicyclic) bond motifs is 1. The summed E-state index contributed by atoms with van der Waals surface area (Å²) in [6.07, 6.45) is 2.53. The molecule has 3 rings (SSSR count). The second kappa shape index (κ2) is 8.89. The van der Waals surface area contributed by atoms with E-state index in [1.807, 2.05) is 18.4 Å². The molecule has 0 spiro atoms. The third kappa shape index (κ3) is 4.47. The molecule has 0 radical (unpaired) electrons. The van der Waals surface area contributed by atoms with Gasteiger partial charge in [-0.1, -0.05) is 12.1 Å². The maximum Gasteiger partial charge on any atom is 0.340 e. The van der Waals surface area contributed by atoms with Crippen LogP contribution in [0.4, 0.5) is 5.69 Å². The molecule has 0 atom stereocenters. The minimum absolute atomic E-state index is 0.0345. The number of nitrogens with one attached hydrogen (secondary N) is 2. The van der Waals surface area contributed by atoms with Gasteiger partial charge in [0.05, 0.1) is 23.6 Å². The fourth-order valence-corrected chi connectivity index (χ4v) is 3.39. The summed E-state index contributed by atoms with van der Waals surface area (Å²) >= 11 is 0. The second-order valence-electron chi connectivity index (χ2n) is 7.19. The summed E-state index contributed by atoms with van der Waals surface area (Å²) in [4.78, 5) is 42.1. The van der Waals surface area contributed by atoms with Crippen LogP contribution in [0.15, 0.2) is 24.3 Å². The summed E-state index contributed by atoms with van der Waals surface area (Å²) in [7, 11) is 0. The van der Waals surface area contributed by atoms with E-state index in [1.54, 1.807) is 31.2 Å². The average molecular weight is 398 g/mol. The van der Waals surface area contributed by atoms with Gasteiger partial charge in [0.25, 0.3) is 11.8 Å². The highest BCUT2D eigenvalue weighted by Crippen LogP contribution is 2.23. The zero-order valence-electron chi connectivity index (χ0n) is 16.9. The summed E-state index contributed by atoms with van der Waals surface area (Å²) < 4.78 is 6.88. The van der Waals surface area contributed by atoms with Crippen molar-refractivity contribution in [3.05, 3.63) is 47.0 Å². The zero-order chi connectivity index (χ0) is 21.0. The van der Waals surface area contributed by atoms with Crippen molar-refractivity contribution in [1.29, 1.82) is 0 Å². The number of imidazole rings is 1. The number of esters is 1. The van der Waals surface area contributed by atoms with Gasteiger partial charge in [0.2, 0.25) is 0 Å². The minimum atomic E-state index is -0.507. The van der Waals surface area contributed by atoms with E-state index in [2.05, 4.69) is 15.6 Å². The van der Waals surface area contributed by atoms with Crippen molar-refractivity contribution < 1.29 is 19.1 Å². The molecule has 8 nitrogen and oxygen atoms in total. The molecule has 0 aliphatic carbocycles. The van der Waals surface area contributed by atoms with Crippen LogP contribution in [0, 0.1) is 0 Å². The zero-order valence-corrected chi connectivity index (χ0v) is 16.9. The predicted octanol–water partition coefficient (Wildman–Crippen LogP) is 2.79. The number of rotatable bonds is 6. The van der Waals surface area contributed by atoms with E-state index in [9.17, 15) is 14.4 Å². The topological polar surface area (TPSA) is 102 Å². The number of ether oxygens (including phenoxy) is 1. The van der Waals surface area contributed by atoms with E-state index in [-0.39, 0.29) is 35.6 Å². The van der Waals surface area contributed by atoms with E-state index >= 15 is 0 Å². The lowest BCUT2D eigenvalue weighted by molar-refractivity contribution is 0.0527. The lowest BCUT2D eigenvalue weighted by Gasteiger charge is -2.17. The smallest absolute Gasteiger partial charge is 0.340 e. The first kappa shape index (κ1) is 20.6. The molecular weight excluding hydrogens is 372 g/mol. The molecule has 0 fully saturated rings. The van der Waals surface area contributed by atoms with Crippen LogP contribution in [0.5, 0.6) is 0 Å². The van der Waals surface area contributed by atoms with E-state index in [0.717, 1.165) is 18.5 Å². The van der Waals surface area contributed by atoms with Crippen LogP contribution in [0.3, 0.4) is 0 Å². The van der Waals surface area contributed by atoms with Crippen molar-refractivity contribution in [3.8, 4) is 0 Å². The molecule has 0 bridgehead atoms. The lowest BCUT2D eigenvalue weighted by Crippen LogP contribution is -2.33. The number of aromatic nitrogens is 2. The van der Waals surface area contributed by atoms with Gasteiger partial charge in [-0.25, -0.2) is 9.78 Å². The van der Waals surface area contributed by atoms with E-state index in [1.165, 1.54) is 0 Å². The quantitative estimate of drug-likeness (QED) is 0.729. The highest BCUT2D eigenvalue weighted by molar-refractivity contribution is 6.08. The lowest BCUT2D eigenvalue weighted by atomic mass is 10.1. The van der Waals surface area contributed by atoms with E-state index < -0.39 is 11.9 Å². The number of para-hydroxylation sites is 1. The second-order valence-corrected chi connectivity index (χ2v) is 7.19. The Labute approximate surface area is 169 Å². The number of nitrogens with zero attached hydrogens (tertiary/aromatic N) is 2. The molecule has 2 N–H and O–H groups in total. The molecule has 1 aromatic carbocycles. The monoisotopic (exact) mass is 398 g/mol. The summed E-state index contributed by atoms with van der Waals surface area (Å²) in [5.41, 5.74) is 1.59. The molecule has 29 heavy (non-hydrogen) atoms. The molecule has 1 aliphatic rings. The number of amides is 2. The standard InChI is InChI=1S/C21H26N4O4/c1-4-29-21(28)14-9-5-6-10-15(14)23-19(26)17-16-11-7-8-12-25(16)18(24-17)20(27)22-13(2)3/h5-6,9-10,13H,4,7-8,11-12H2,1-3H3,(H,22,27)(H,23,26). The molecule has 8 heteroatoms. The summed E-state index contributed by atoms with van der Waals surface area (Å²) in [5.74, 6) is -1.00. The highest BCUT2D eigenvalue weighted by atomic mass is 16.5. The van der Waals surface area contributed by atoms with E-state index in [0.29, 0.717) is 18.7 Å². The molecule has 0 saturated heterocycles. The van der Waals surface area contributed by atoms with Crippen LogP contribution in [-0.2, 0) is 17.7 Å². The third-order valence-electron chi connectivity index (χ3n) is 4.63. The fraction of sp³-hybridized carbons (Fsp3) is 0.429. The Bertz CT molecular complexity index is 933. The molecule has 154 valence electrons. The molecular formula is C21H26N4O4. The van der Waals surface area contributed by atoms with E-state index in [4.69, 9.17) is 4.74 Å². The maximum absolute atomic E-state index is 13.0. The number of anilines is 1. The van der Waals surface area contributed by atoms with Crippen molar-refractivity contribution in [2.75, 3.05) is 11.9 Å². The van der Waals surface area contributed by atoms with Gasteiger partial charge in [0.1, 0.15) is 0 Å². The van der Waals surface area contributed by atoms with Crippen LogP contribution in [0.2, 0.25) is 0 Å². The number of benzene rings is 1. The Hall–Kier alpha value is -3.16. The first-order valence-corrected chi connectivity index (χ1v) is 9.90. The number of carbonyl (C=O) groups is 3. The van der Waals surface area contributed by atoms with Crippen molar-refractivity contribution in [2.45, 2.75) is 52.6 Å². The summed E-state index contributed by atoms with van der Waals surface area (Å²) in [5, 5.41) is 5.60. The Morgan fingerprint density at radius 1 is 1.17 bits per heavy atom. The molecule has 2 amide bonds.